The zero-order chi connectivity index (χ0) is 14.3. The van der Waals surface area contributed by atoms with Crippen LogP contribution in [0.2, 0.25) is 0 Å². The molecule has 1 saturated carbocycles. The van der Waals surface area contributed by atoms with Crippen molar-refractivity contribution in [2.75, 3.05) is 13.2 Å². The third-order valence-corrected chi connectivity index (χ3v) is 3.13. The van der Waals surface area contributed by atoms with Crippen LogP contribution in [0.1, 0.15) is 59.8 Å². The van der Waals surface area contributed by atoms with Crippen molar-refractivity contribution < 1.29 is 14.3 Å². The molecule has 1 fully saturated rings. The summed E-state index contributed by atoms with van der Waals surface area (Å²) < 4.78 is 10.6. The van der Waals surface area contributed by atoms with E-state index in [1.165, 1.54) is 32.1 Å². The van der Waals surface area contributed by atoms with Gasteiger partial charge in [-0.2, -0.15) is 0 Å². The minimum Gasteiger partial charge on any atom is -0.458 e. The third kappa shape index (κ3) is 8.22. The van der Waals surface area contributed by atoms with Crippen LogP contribution in [0.3, 0.4) is 0 Å². The van der Waals surface area contributed by atoms with E-state index in [2.05, 4.69) is 12.2 Å². The highest BCUT2D eigenvalue weighted by molar-refractivity contribution is 5.71. The molecule has 0 unspecified atom stereocenters. The predicted molar refractivity (Wildman–Crippen MR) is 76.1 cm³/mol. The number of carbonyl (C=O) groups is 1. The Bertz CT molecular complexity index is 267. The molecule has 0 aromatic carbocycles. The third-order valence-electron chi connectivity index (χ3n) is 3.13. The van der Waals surface area contributed by atoms with Gasteiger partial charge in [-0.25, -0.2) is 4.79 Å². The van der Waals surface area contributed by atoms with Crippen molar-refractivity contribution in [1.82, 2.24) is 5.32 Å². The summed E-state index contributed by atoms with van der Waals surface area (Å²) in [6, 6.07) is 0.902. The number of hydrogen-bond acceptors (Lipinski definition) is 4. The monoisotopic (exact) mass is 271 g/mol. The second-order valence-corrected chi connectivity index (χ2v) is 6.50. The van der Waals surface area contributed by atoms with Crippen LogP contribution in [0.4, 0.5) is 0 Å². The summed E-state index contributed by atoms with van der Waals surface area (Å²) in [5, 5.41) is 3.56. The van der Waals surface area contributed by atoms with Gasteiger partial charge in [-0.05, 0) is 40.5 Å². The molecule has 0 bridgehead atoms. The SMILES string of the molecule is C[C@H](COCC(=O)OC(C)(C)C)NC1CCCCC1. The quantitative estimate of drug-likeness (QED) is 0.755. The van der Waals surface area contributed by atoms with Gasteiger partial charge in [0.2, 0.25) is 0 Å². The topological polar surface area (TPSA) is 47.6 Å². The van der Waals surface area contributed by atoms with Gasteiger partial charge in [0.25, 0.3) is 0 Å². The summed E-state index contributed by atoms with van der Waals surface area (Å²) in [5.41, 5.74) is -0.438. The standard InChI is InChI=1S/C15H29NO3/c1-12(16-13-8-6-5-7-9-13)10-18-11-14(17)19-15(2,3)4/h12-13,16H,5-11H2,1-4H3/t12-/m1/s1. The summed E-state index contributed by atoms with van der Waals surface area (Å²) in [4.78, 5) is 11.5. The Kier molecular flexibility index (Phi) is 6.80. The van der Waals surface area contributed by atoms with Gasteiger partial charge in [-0.15, -0.1) is 0 Å². The van der Waals surface area contributed by atoms with Crippen molar-refractivity contribution in [1.29, 1.82) is 0 Å². The molecule has 0 aromatic heterocycles. The minimum atomic E-state index is -0.438. The summed E-state index contributed by atoms with van der Waals surface area (Å²) in [6.07, 6.45) is 6.53. The van der Waals surface area contributed by atoms with Gasteiger partial charge in [-0.1, -0.05) is 19.3 Å². The fourth-order valence-corrected chi connectivity index (χ4v) is 2.41. The normalized spacial score (nSPS) is 19.2. The molecular formula is C15H29NO3. The van der Waals surface area contributed by atoms with Gasteiger partial charge in [-0.3, -0.25) is 0 Å². The number of carbonyl (C=O) groups excluding carboxylic acids is 1. The molecule has 0 amide bonds. The lowest BCUT2D eigenvalue weighted by Crippen LogP contribution is -2.40. The smallest absolute Gasteiger partial charge is 0.332 e. The maximum atomic E-state index is 11.5. The fourth-order valence-electron chi connectivity index (χ4n) is 2.41. The van der Waals surface area contributed by atoms with Crippen LogP contribution in [0, 0.1) is 0 Å². The molecule has 1 rings (SSSR count). The molecular weight excluding hydrogens is 242 g/mol. The average molecular weight is 271 g/mol. The Balaban J connectivity index is 2.09. The molecule has 1 atom stereocenters. The molecule has 0 saturated heterocycles. The summed E-state index contributed by atoms with van der Waals surface area (Å²) in [5.74, 6) is -0.294. The zero-order valence-corrected chi connectivity index (χ0v) is 12.8. The second-order valence-electron chi connectivity index (χ2n) is 6.50. The van der Waals surface area contributed by atoms with E-state index in [4.69, 9.17) is 9.47 Å². The highest BCUT2D eigenvalue weighted by atomic mass is 16.6. The molecule has 112 valence electrons. The van der Waals surface area contributed by atoms with E-state index in [-0.39, 0.29) is 18.6 Å². The maximum absolute atomic E-state index is 11.5. The molecule has 1 aliphatic rings. The van der Waals surface area contributed by atoms with E-state index in [1.807, 2.05) is 20.8 Å². The molecule has 19 heavy (non-hydrogen) atoms. The number of rotatable bonds is 6. The van der Waals surface area contributed by atoms with Crippen LogP contribution < -0.4 is 5.32 Å². The molecule has 0 aliphatic heterocycles. The highest BCUT2D eigenvalue weighted by Crippen LogP contribution is 2.17. The van der Waals surface area contributed by atoms with Crippen molar-refractivity contribution in [2.24, 2.45) is 0 Å². The number of ether oxygens (including phenoxy) is 2. The maximum Gasteiger partial charge on any atom is 0.332 e. The Morgan fingerprint density at radius 1 is 1.26 bits per heavy atom. The first kappa shape index (κ1) is 16.4. The Labute approximate surface area is 117 Å². The first-order chi connectivity index (χ1) is 8.87. The number of esters is 1. The first-order valence-corrected chi connectivity index (χ1v) is 7.42. The van der Waals surface area contributed by atoms with Crippen LogP contribution in [0.5, 0.6) is 0 Å². The van der Waals surface area contributed by atoms with Gasteiger partial charge in [0.15, 0.2) is 0 Å². The van der Waals surface area contributed by atoms with E-state index < -0.39 is 5.60 Å². The fraction of sp³-hybridized carbons (Fsp3) is 0.933. The van der Waals surface area contributed by atoms with E-state index in [1.54, 1.807) is 0 Å². The van der Waals surface area contributed by atoms with Crippen LogP contribution in [-0.4, -0.2) is 36.9 Å². The predicted octanol–water partition coefficient (Wildman–Crippen LogP) is 2.66. The molecule has 0 heterocycles. The molecule has 1 aliphatic carbocycles. The Hall–Kier alpha value is -0.610. The number of hydrogen-bond donors (Lipinski definition) is 1. The summed E-state index contributed by atoms with van der Waals surface area (Å²) in [6.45, 7) is 8.27. The lowest BCUT2D eigenvalue weighted by atomic mass is 9.95. The van der Waals surface area contributed by atoms with Crippen molar-refractivity contribution >= 4 is 5.97 Å². The lowest BCUT2D eigenvalue weighted by molar-refractivity contribution is -0.160. The largest absolute Gasteiger partial charge is 0.458 e. The minimum absolute atomic E-state index is 0.0357. The van der Waals surface area contributed by atoms with Gasteiger partial charge in [0.1, 0.15) is 12.2 Å². The zero-order valence-electron chi connectivity index (χ0n) is 12.8. The first-order valence-electron chi connectivity index (χ1n) is 7.42. The van der Waals surface area contributed by atoms with Crippen LogP contribution in [-0.2, 0) is 14.3 Å². The molecule has 1 N–H and O–H groups in total. The molecule has 4 heteroatoms. The highest BCUT2D eigenvalue weighted by Gasteiger charge is 2.18. The lowest BCUT2D eigenvalue weighted by Gasteiger charge is -2.26. The van der Waals surface area contributed by atoms with Crippen LogP contribution in [0.15, 0.2) is 0 Å². The van der Waals surface area contributed by atoms with Crippen molar-refractivity contribution in [3.05, 3.63) is 0 Å². The summed E-state index contributed by atoms with van der Waals surface area (Å²) in [7, 11) is 0. The van der Waals surface area contributed by atoms with E-state index in [0.717, 1.165) is 0 Å². The van der Waals surface area contributed by atoms with Crippen molar-refractivity contribution in [3.8, 4) is 0 Å². The van der Waals surface area contributed by atoms with Gasteiger partial charge in [0, 0.05) is 12.1 Å². The van der Waals surface area contributed by atoms with Gasteiger partial charge < -0.3 is 14.8 Å². The molecule has 4 nitrogen and oxygen atoms in total. The van der Waals surface area contributed by atoms with Crippen molar-refractivity contribution in [3.63, 3.8) is 0 Å². The second kappa shape index (κ2) is 7.85. The van der Waals surface area contributed by atoms with E-state index >= 15 is 0 Å². The molecule has 0 spiro atoms. The Morgan fingerprint density at radius 2 is 1.89 bits per heavy atom. The van der Waals surface area contributed by atoms with Gasteiger partial charge >= 0.3 is 5.97 Å². The van der Waals surface area contributed by atoms with Gasteiger partial charge in [0.05, 0.1) is 6.61 Å². The molecule has 0 radical (unpaired) electrons. The van der Waals surface area contributed by atoms with E-state index in [0.29, 0.717) is 12.6 Å². The van der Waals surface area contributed by atoms with E-state index in [9.17, 15) is 4.79 Å². The van der Waals surface area contributed by atoms with Crippen LogP contribution in [0.25, 0.3) is 0 Å². The molecule has 0 aromatic rings. The Morgan fingerprint density at radius 3 is 2.47 bits per heavy atom. The average Bonchev–Trinajstić information content (AvgIpc) is 2.27. The van der Waals surface area contributed by atoms with Crippen LogP contribution >= 0.6 is 0 Å². The number of nitrogens with one attached hydrogen (secondary N) is 1. The summed E-state index contributed by atoms with van der Waals surface area (Å²) >= 11 is 0. The van der Waals surface area contributed by atoms with Crippen molar-refractivity contribution in [2.45, 2.75) is 77.5 Å².